The standard InChI is InChI=1S/C22H25N3O3/c1-16-9-7-8-12-19(16)21-23-20(28-24-21)15-25(13-17(2)22(26)27-3)14-18-10-5-4-6-11-18/h4-12,17H,13-15H2,1-3H3. The summed E-state index contributed by atoms with van der Waals surface area (Å²) in [6.07, 6.45) is 0. The second-order valence-corrected chi connectivity index (χ2v) is 6.91. The number of ether oxygens (including phenoxy) is 1. The lowest BCUT2D eigenvalue weighted by Gasteiger charge is -2.23. The monoisotopic (exact) mass is 379 g/mol. The Morgan fingerprint density at radius 3 is 2.54 bits per heavy atom. The van der Waals surface area contributed by atoms with Gasteiger partial charge in [0, 0.05) is 18.7 Å². The van der Waals surface area contributed by atoms with Gasteiger partial charge in [-0.3, -0.25) is 9.69 Å². The van der Waals surface area contributed by atoms with E-state index in [1.54, 1.807) is 0 Å². The van der Waals surface area contributed by atoms with E-state index in [1.807, 2.05) is 56.3 Å². The smallest absolute Gasteiger partial charge is 0.309 e. The molecule has 0 N–H and O–H groups in total. The van der Waals surface area contributed by atoms with Gasteiger partial charge in [-0.2, -0.15) is 4.98 Å². The van der Waals surface area contributed by atoms with Crippen LogP contribution in [0, 0.1) is 12.8 Å². The predicted molar refractivity (Wildman–Crippen MR) is 106 cm³/mol. The molecule has 0 aliphatic heterocycles. The molecular formula is C22H25N3O3. The van der Waals surface area contributed by atoms with Gasteiger partial charge in [0.2, 0.25) is 11.7 Å². The zero-order valence-electron chi connectivity index (χ0n) is 16.5. The van der Waals surface area contributed by atoms with Crippen LogP contribution in [0.1, 0.15) is 23.9 Å². The Bertz CT molecular complexity index is 908. The molecule has 0 saturated carbocycles. The molecule has 0 aliphatic rings. The molecule has 1 heterocycles. The summed E-state index contributed by atoms with van der Waals surface area (Å²) in [5.74, 6) is 0.608. The number of aryl methyl sites for hydroxylation is 1. The summed E-state index contributed by atoms with van der Waals surface area (Å²) >= 11 is 0. The molecule has 3 aromatic rings. The zero-order valence-corrected chi connectivity index (χ0v) is 16.5. The maximum atomic E-state index is 11.9. The molecule has 28 heavy (non-hydrogen) atoms. The van der Waals surface area contributed by atoms with E-state index in [1.165, 1.54) is 7.11 Å². The molecule has 0 saturated heterocycles. The SMILES string of the molecule is COC(=O)C(C)CN(Cc1ccccc1)Cc1nc(-c2ccccc2C)no1. The first-order valence-electron chi connectivity index (χ1n) is 9.29. The molecule has 6 nitrogen and oxygen atoms in total. The average molecular weight is 379 g/mol. The van der Waals surface area contributed by atoms with Gasteiger partial charge in [0.05, 0.1) is 19.6 Å². The van der Waals surface area contributed by atoms with Crippen molar-refractivity contribution in [1.82, 2.24) is 15.0 Å². The van der Waals surface area contributed by atoms with Crippen LogP contribution in [0.25, 0.3) is 11.4 Å². The molecule has 6 heteroatoms. The Hall–Kier alpha value is -2.99. The number of benzene rings is 2. The molecule has 146 valence electrons. The fourth-order valence-electron chi connectivity index (χ4n) is 3.13. The molecular weight excluding hydrogens is 354 g/mol. The molecule has 3 rings (SSSR count). The molecule has 1 aromatic heterocycles. The summed E-state index contributed by atoms with van der Waals surface area (Å²) < 4.78 is 10.4. The lowest BCUT2D eigenvalue weighted by atomic mass is 10.1. The van der Waals surface area contributed by atoms with Crippen molar-refractivity contribution in [3.63, 3.8) is 0 Å². The molecule has 1 unspecified atom stereocenters. The summed E-state index contributed by atoms with van der Waals surface area (Å²) in [4.78, 5) is 18.6. The number of carbonyl (C=O) groups excluding carboxylic acids is 1. The minimum atomic E-state index is -0.257. The Balaban J connectivity index is 1.77. The van der Waals surface area contributed by atoms with Gasteiger partial charge in [0.25, 0.3) is 0 Å². The Morgan fingerprint density at radius 1 is 1.11 bits per heavy atom. The van der Waals surface area contributed by atoms with Crippen molar-refractivity contribution in [3.05, 3.63) is 71.6 Å². The number of hydrogen-bond donors (Lipinski definition) is 0. The van der Waals surface area contributed by atoms with Gasteiger partial charge in [-0.25, -0.2) is 0 Å². The first-order valence-corrected chi connectivity index (χ1v) is 9.29. The van der Waals surface area contributed by atoms with E-state index < -0.39 is 0 Å². The van der Waals surface area contributed by atoms with Crippen molar-refractivity contribution in [1.29, 1.82) is 0 Å². The first kappa shape index (κ1) is 19.8. The Labute approximate surface area is 165 Å². The van der Waals surface area contributed by atoms with E-state index in [-0.39, 0.29) is 11.9 Å². The van der Waals surface area contributed by atoms with E-state index in [4.69, 9.17) is 9.26 Å². The van der Waals surface area contributed by atoms with Crippen molar-refractivity contribution in [3.8, 4) is 11.4 Å². The van der Waals surface area contributed by atoms with Gasteiger partial charge in [-0.05, 0) is 18.1 Å². The minimum absolute atomic E-state index is 0.232. The second-order valence-electron chi connectivity index (χ2n) is 6.91. The van der Waals surface area contributed by atoms with Crippen molar-refractivity contribution >= 4 is 5.97 Å². The Morgan fingerprint density at radius 2 is 1.82 bits per heavy atom. The van der Waals surface area contributed by atoms with Gasteiger partial charge in [0.1, 0.15) is 0 Å². The fraction of sp³-hybridized carbons (Fsp3) is 0.318. The van der Waals surface area contributed by atoms with E-state index in [9.17, 15) is 4.79 Å². The number of nitrogens with zero attached hydrogens (tertiary/aromatic N) is 3. The van der Waals surface area contributed by atoms with Gasteiger partial charge in [-0.15, -0.1) is 0 Å². The highest BCUT2D eigenvalue weighted by molar-refractivity contribution is 5.72. The summed E-state index contributed by atoms with van der Waals surface area (Å²) in [6, 6.07) is 18.0. The third-order valence-corrected chi connectivity index (χ3v) is 4.60. The highest BCUT2D eigenvalue weighted by Gasteiger charge is 2.20. The van der Waals surface area contributed by atoms with Crippen molar-refractivity contribution in [2.45, 2.75) is 26.9 Å². The van der Waals surface area contributed by atoms with Crippen LogP contribution in [0.15, 0.2) is 59.1 Å². The molecule has 0 amide bonds. The largest absolute Gasteiger partial charge is 0.469 e. The van der Waals surface area contributed by atoms with Crippen LogP contribution in [0.5, 0.6) is 0 Å². The van der Waals surface area contributed by atoms with Gasteiger partial charge < -0.3 is 9.26 Å². The first-order chi connectivity index (χ1) is 13.6. The molecule has 0 fully saturated rings. The normalized spacial score (nSPS) is 12.1. The van der Waals surface area contributed by atoms with Crippen molar-refractivity contribution in [2.24, 2.45) is 5.92 Å². The maximum absolute atomic E-state index is 11.9. The number of hydrogen-bond acceptors (Lipinski definition) is 6. The minimum Gasteiger partial charge on any atom is -0.469 e. The fourth-order valence-corrected chi connectivity index (χ4v) is 3.13. The molecule has 0 spiro atoms. The summed E-state index contributed by atoms with van der Waals surface area (Å²) in [5.41, 5.74) is 3.20. The topological polar surface area (TPSA) is 68.5 Å². The maximum Gasteiger partial charge on any atom is 0.309 e. The lowest BCUT2D eigenvalue weighted by molar-refractivity contribution is -0.145. The van der Waals surface area contributed by atoms with Crippen LogP contribution in [0.3, 0.4) is 0 Å². The van der Waals surface area contributed by atoms with Crippen LogP contribution >= 0.6 is 0 Å². The van der Waals surface area contributed by atoms with Crippen molar-refractivity contribution < 1.29 is 14.1 Å². The van der Waals surface area contributed by atoms with Gasteiger partial charge in [-0.1, -0.05) is 66.7 Å². The number of methoxy groups -OCH3 is 1. The molecule has 2 aromatic carbocycles. The molecule has 0 bridgehead atoms. The number of aromatic nitrogens is 2. The molecule has 0 aliphatic carbocycles. The van der Waals surface area contributed by atoms with Gasteiger partial charge in [0.15, 0.2) is 0 Å². The van der Waals surface area contributed by atoms with E-state index >= 15 is 0 Å². The van der Waals surface area contributed by atoms with E-state index in [0.29, 0.717) is 31.3 Å². The van der Waals surface area contributed by atoms with Crippen LogP contribution in [0.4, 0.5) is 0 Å². The molecule has 1 atom stereocenters. The van der Waals surface area contributed by atoms with Crippen LogP contribution in [-0.2, 0) is 22.6 Å². The molecule has 0 radical (unpaired) electrons. The third-order valence-electron chi connectivity index (χ3n) is 4.60. The van der Waals surface area contributed by atoms with E-state index in [0.717, 1.165) is 16.7 Å². The Kier molecular flexibility index (Phi) is 6.55. The predicted octanol–water partition coefficient (Wildman–Crippen LogP) is 3.86. The van der Waals surface area contributed by atoms with Crippen molar-refractivity contribution in [2.75, 3.05) is 13.7 Å². The second kappa shape index (κ2) is 9.28. The van der Waals surface area contributed by atoms with Crippen LogP contribution in [0.2, 0.25) is 0 Å². The summed E-state index contributed by atoms with van der Waals surface area (Å²) in [5, 5.41) is 4.13. The van der Waals surface area contributed by atoms with Gasteiger partial charge >= 0.3 is 5.97 Å². The number of rotatable bonds is 8. The highest BCUT2D eigenvalue weighted by atomic mass is 16.5. The third kappa shape index (κ3) is 5.04. The number of carbonyl (C=O) groups is 1. The summed E-state index contributed by atoms with van der Waals surface area (Å²) in [7, 11) is 1.41. The van der Waals surface area contributed by atoms with Crippen LogP contribution in [-0.4, -0.2) is 34.7 Å². The highest BCUT2D eigenvalue weighted by Crippen LogP contribution is 2.21. The summed E-state index contributed by atoms with van der Waals surface area (Å²) in [6.45, 7) is 5.53. The zero-order chi connectivity index (χ0) is 19.9. The quantitative estimate of drug-likeness (QED) is 0.554. The average Bonchev–Trinajstić information content (AvgIpc) is 3.16. The number of esters is 1. The lowest BCUT2D eigenvalue weighted by Crippen LogP contribution is -2.32. The van der Waals surface area contributed by atoms with Crippen LogP contribution < -0.4 is 0 Å². The van der Waals surface area contributed by atoms with E-state index in [2.05, 4.69) is 27.2 Å².